The summed E-state index contributed by atoms with van der Waals surface area (Å²) in [6.07, 6.45) is 13.7. The Hall–Kier alpha value is 1.46. The molecule has 4 atom stereocenters. The maximum Gasteiger partial charge on any atom is 0.0112 e. The van der Waals surface area contributed by atoms with Crippen molar-refractivity contribution in [2.75, 3.05) is 4.43 Å². The molecule has 94 valence electrons. The van der Waals surface area contributed by atoms with Gasteiger partial charge in [-0.25, -0.2) is 0 Å². The van der Waals surface area contributed by atoms with Crippen molar-refractivity contribution >= 4 is 45.2 Å². The van der Waals surface area contributed by atoms with Gasteiger partial charge in [-0.2, -0.15) is 0 Å². The number of alkyl halides is 2. The number of hydrogen-bond acceptors (Lipinski definition) is 0. The maximum atomic E-state index is 2.64. The second-order valence-electron chi connectivity index (χ2n) is 5.91. The summed E-state index contributed by atoms with van der Waals surface area (Å²) in [7, 11) is 0. The predicted octanol–water partition coefficient (Wildman–Crippen LogP) is 5.61. The molecule has 2 saturated carbocycles. The Morgan fingerprint density at radius 2 is 1.44 bits per heavy atom. The quantitative estimate of drug-likeness (QED) is 0.381. The van der Waals surface area contributed by atoms with Gasteiger partial charge in [0.2, 0.25) is 0 Å². The molecule has 0 amide bonds. The van der Waals surface area contributed by atoms with Crippen LogP contribution >= 0.6 is 45.2 Å². The zero-order chi connectivity index (χ0) is 11.4. The van der Waals surface area contributed by atoms with E-state index in [-0.39, 0.29) is 0 Å². The van der Waals surface area contributed by atoms with Crippen molar-refractivity contribution in [2.24, 2.45) is 17.8 Å². The number of halogens is 2. The molecule has 0 bridgehead atoms. The fourth-order valence-corrected chi connectivity index (χ4v) is 5.43. The maximum absolute atomic E-state index is 2.64. The molecule has 3 unspecified atom stereocenters. The first-order chi connectivity index (χ1) is 7.78. The van der Waals surface area contributed by atoms with E-state index in [0.717, 1.165) is 21.7 Å². The Morgan fingerprint density at radius 1 is 0.812 bits per heavy atom. The van der Waals surface area contributed by atoms with Gasteiger partial charge in [0, 0.05) is 8.35 Å². The van der Waals surface area contributed by atoms with Crippen molar-refractivity contribution in [3.05, 3.63) is 0 Å². The lowest BCUT2D eigenvalue weighted by Gasteiger charge is -2.12. The molecule has 0 heterocycles. The molecular weight excluding hydrogens is 422 g/mol. The van der Waals surface area contributed by atoms with Crippen LogP contribution in [0.25, 0.3) is 0 Å². The van der Waals surface area contributed by atoms with E-state index in [2.05, 4.69) is 45.2 Å². The van der Waals surface area contributed by atoms with Gasteiger partial charge >= 0.3 is 0 Å². The van der Waals surface area contributed by atoms with E-state index in [1.165, 1.54) is 55.8 Å². The molecule has 16 heavy (non-hydrogen) atoms. The fraction of sp³-hybridized carbons (Fsp3) is 1.00. The SMILES string of the molecule is ICC1CCC(CCCC2CC[C@@H](I)C2)C1. The van der Waals surface area contributed by atoms with Gasteiger partial charge in [0.1, 0.15) is 0 Å². The topological polar surface area (TPSA) is 0 Å². The van der Waals surface area contributed by atoms with E-state index in [0.29, 0.717) is 0 Å². The lowest BCUT2D eigenvalue weighted by Crippen LogP contribution is -2.00. The van der Waals surface area contributed by atoms with Gasteiger partial charge in [0.25, 0.3) is 0 Å². The normalized spacial score (nSPS) is 39.4. The highest BCUT2D eigenvalue weighted by atomic mass is 127. The van der Waals surface area contributed by atoms with Gasteiger partial charge in [-0.3, -0.25) is 0 Å². The highest BCUT2D eigenvalue weighted by Crippen LogP contribution is 2.38. The summed E-state index contributed by atoms with van der Waals surface area (Å²) < 4.78 is 2.39. The molecule has 2 aliphatic rings. The largest absolute Gasteiger partial charge is 0.0861 e. The summed E-state index contributed by atoms with van der Waals surface area (Å²) in [6, 6.07) is 0. The molecule has 2 aliphatic carbocycles. The zero-order valence-electron chi connectivity index (χ0n) is 10.1. The van der Waals surface area contributed by atoms with E-state index < -0.39 is 0 Å². The Bertz CT molecular complexity index is 205. The van der Waals surface area contributed by atoms with Crippen molar-refractivity contribution in [1.82, 2.24) is 0 Å². The fourth-order valence-electron chi connectivity index (χ4n) is 3.55. The number of hydrogen-bond donors (Lipinski definition) is 0. The molecule has 2 rings (SSSR count). The minimum Gasteiger partial charge on any atom is -0.0861 e. The van der Waals surface area contributed by atoms with Crippen molar-refractivity contribution in [3.8, 4) is 0 Å². The molecule has 0 saturated heterocycles. The van der Waals surface area contributed by atoms with E-state index in [9.17, 15) is 0 Å². The predicted molar refractivity (Wildman–Crippen MR) is 88.7 cm³/mol. The highest BCUT2D eigenvalue weighted by molar-refractivity contribution is 14.1. The average molecular weight is 446 g/mol. The molecule has 0 spiro atoms. The van der Waals surface area contributed by atoms with Gasteiger partial charge in [-0.05, 0) is 49.9 Å². The molecule has 0 nitrogen and oxygen atoms in total. The summed E-state index contributed by atoms with van der Waals surface area (Å²) in [4.78, 5) is 0. The molecule has 0 aromatic carbocycles. The Balaban J connectivity index is 1.55. The summed E-state index contributed by atoms with van der Waals surface area (Å²) >= 11 is 5.21. The molecule has 0 N–H and O–H groups in total. The van der Waals surface area contributed by atoms with E-state index in [1.807, 2.05) is 0 Å². The molecule has 2 heteroatoms. The number of rotatable bonds is 5. The van der Waals surface area contributed by atoms with E-state index in [1.54, 1.807) is 6.42 Å². The monoisotopic (exact) mass is 446 g/mol. The summed E-state index contributed by atoms with van der Waals surface area (Å²) in [5, 5.41) is 0. The first kappa shape index (κ1) is 13.9. The second-order valence-corrected chi connectivity index (χ2v) is 8.55. The van der Waals surface area contributed by atoms with Gasteiger partial charge in [-0.1, -0.05) is 70.9 Å². The van der Waals surface area contributed by atoms with Crippen molar-refractivity contribution < 1.29 is 0 Å². The van der Waals surface area contributed by atoms with Crippen LogP contribution in [0.3, 0.4) is 0 Å². The Kier molecular flexibility index (Phi) is 6.20. The third-order valence-corrected chi connectivity index (χ3v) is 6.95. The van der Waals surface area contributed by atoms with Crippen LogP contribution in [0.4, 0.5) is 0 Å². The molecule has 0 aliphatic heterocycles. The molecular formula is C14H24I2. The van der Waals surface area contributed by atoms with Gasteiger partial charge < -0.3 is 0 Å². The van der Waals surface area contributed by atoms with E-state index >= 15 is 0 Å². The minimum absolute atomic E-state index is 0.998. The molecule has 2 fully saturated rings. The summed E-state index contributed by atoms with van der Waals surface area (Å²) in [5.74, 6) is 3.25. The van der Waals surface area contributed by atoms with Gasteiger partial charge in [0.05, 0.1) is 0 Å². The van der Waals surface area contributed by atoms with Crippen molar-refractivity contribution in [2.45, 2.75) is 61.7 Å². The molecule has 0 aromatic rings. The van der Waals surface area contributed by atoms with E-state index in [4.69, 9.17) is 0 Å². The minimum atomic E-state index is 0.998. The molecule has 0 radical (unpaired) electrons. The van der Waals surface area contributed by atoms with Crippen LogP contribution in [0.5, 0.6) is 0 Å². The van der Waals surface area contributed by atoms with Crippen LogP contribution < -0.4 is 0 Å². The van der Waals surface area contributed by atoms with Crippen LogP contribution in [-0.2, 0) is 0 Å². The van der Waals surface area contributed by atoms with Crippen LogP contribution in [-0.4, -0.2) is 8.35 Å². The van der Waals surface area contributed by atoms with Crippen LogP contribution in [0.15, 0.2) is 0 Å². The lowest BCUT2D eigenvalue weighted by atomic mass is 9.94. The van der Waals surface area contributed by atoms with Crippen LogP contribution in [0.1, 0.15) is 57.8 Å². The third-order valence-electron chi connectivity index (χ3n) is 4.57. The highest BCUT2D eigenvalue weighted by Gasteiger charge is 2.25. The van der Waals surface area contributed by atoms with Crippen LogP contribution in [0, 0.1) is 17.8 Å². The zero-order valence-corrected chi connectivity index (χ0v) is 14.5. The summed E-state index contributed by atoms with van der Waals surface area (Å²) in [6.45, 7) is 0. The lowest BCUT2D eigenvalue weighted by molar-refractivity contribution is 0.410. The summed E-state index contributed by atoms with van der Waals surface area (Å²) in [5.41, 5.74) is 0. The standard InChI is InChI=1S/C14H24I2/c15-10-13-5-4-11(8-13)2-1-3-12-6-7-14(16)9-12/h11-14H,1-10H2/t11?,12?,13?,14-/m1/s1. The third kappa shape index (κ3) is 4.29. The Morgan fingerprint density at radius 3 is 2.00 bits per heavy atom. The Labute approximate surface area is 128 Å². The first-order valence-electron chi connectivity index (χ1n) is 6.98. The smallest absolute Gasteiger partial charge is 0.0112 e. The first-order valence-corrected chi connectivity index (χ1v) is 9.75. The average Bonchev–Trinajstić information content (AvgIpc) is 2.88. The van der Waals surface area contributed by atoms with Crippen LogP contribution in [0.2, 0.25) is 0 Å². The van der Waals surface area contributed by atoms with Gasteiger partial charge in [-0.15, -0.1) is 0 Å². The van der Waals surface area contributed by atoms with Gasteiger partial charge in [0.15, 0.2) is 0 Å². The molecule has 0 aromatic heterocycles. The van der Waals surface area contributed by atoms with Crippen molar-refractivity contribution in [3.63, 3.8) is 0 Å². The second kappa shape index (κ2) is 7.15. The van der Waals surface area contributed by atoms with Crippen molar-refractivity contribution in [1.29, 1.82) is 0 Å².